The number of furan rings is 1. The zero-order valence-corrected chi connectivity index (χ0v) is 13.2. The Labute approximate surface area is 134 Å². The summed E-state index contributed by atoms with van der Waals surface area (Å²) in [6.45, 7) is 3.46. The van der Waals surface area contributed by atoms with Crippen molar-refractivity contribution in [2.24, 2.45) is 0 Å². The van der Waals surface area contributed by atoms with Gasteiger partial charge in [0.05, 0.1) is 0 Å². The molecular weight excluding hydrogens is 294 g/mol. The first-order valence-corrected chi connectivity index (χ1v) is 7.68. The molecule has 0 unspecified atom stereocenters. The van der Waals surface area contributed by atoms with E-state index in [0.717, 1.165) is 12.8 Å². The number of ether oxygens (including phenoxy) is 1. The first-order valence-electron chi connectivity index (χ1n) is 7.68. The van der Waals surface area contributed by atoms with Crippen LogP contribution in [0.1, 0.15) is 46.4 Å². The number of carbonyl (C=O) groups is 2. The Morgan fingerprint density at radius 1 is 1.22 bits per heavy atom. The molecule has 1 N–H and O–H groups in total. The van der Waals surface area contributed by atoms with Crippen molar-refractivity contribution in [1.82, 2.24) is 5.32 Å². The van der Waals surface area contributed by atoms with E-state index in [-0.39, 0.29) is 11.9 Å². The minimum atomic E-state index is -0.959. The summed E-state index contributed by atoms with van der Waals surface area (Å²) in [5, 5.41) is 2.89. The molecule has 1 aromatic carbocycles. The molecule has 23 heavy (non-hydrogen) atoms. The highest BCUT2D eigenvalue weighted by Crippen LogP contribution is 2.25. The Morgan fingerprint density at radius 3 is 2.48 bits per heavy atom. The molecule has 1 atom stereocenters. The second-order valence-corrected chi connectivity index (χ2v) is 5.81. The van der Waals surface area contributed by atoms with E-state index in [4.69, 9.17) is 9.15 Å². The maximum absolute atomic E-state index is 12.4. The molecule has 0 aliphatic heterocycles. The van der Waals surface area contributed by atoms with Crippen LogP contribution in [-0.4, -0.2) is 17.9 Å². The zero-order valence-electron chi connectivity index (χ0n) is 13.2. The quantitative estimate of drug-likeness (QED) is 0.861. The number of hydrogen-bond donors (Lipinski definition) is 1. The number of nitrogens with one attached hydrogen (secondary N) is 1. The molecular formula is C18H19NO4. The summed E-state index contributed by atoms with van der Waals surface area (Å²) in [5.74, 6) is 0.277. The van der Waals surface area contributed by atoms with Crippen LogP contribution in [0.15, 0.2) is 40.8 Å². The van der Waals surface area contributed by atoms with E-state index in [0.29, 0.717) is 22.6 Å². The summed E-state index contributed by atoms with van der Waals surface area (Å²) >= 11 is 0. The van der Waals surface area contributed by atoms with Crippen molar-refractivity contribution in [3.05, 3.63) is 59.0 Å². The summed E-state index contributed by atoms with van der Waals surface area (Å²) in [5.41, 5.74) is 1.000. The molecule has 5 nitrogen and oxygen atoms in total. The number of esters is 1. The molecule has 1 amide bonds. The minimum absolute atomic E-state index is 0.199. The molecule has 0 saturated heterocycles. The maximum atomic E-state index is 12.4. The van der Waals surface area contributed by atoms with Gasteiger partial charge in [-0.1, -0.05) is 30.3 Å². The lowest BCUT2D eigenvalue weighted by Gasteiger charge is -2.17. The summed E-state index contributed by atoms with van der Waals surface area (Å²) in [6, 6.07) is 10.9. The van der Waals surface area contributed by atoms with Crippen LogP contribution in [-0.2, 0) is 9.53 Å². The summed E-state index contributed by atoms with van der Waals surface area (Å²) < 4.78 is 10.9. The highest BCUT2D eigenvalue weighted by Gasteiger charge is 2.31. The summed E-state index contributed by atoms with van der Waals surface area (Å²) in [7, 11) is 0. The van der Waals surface area contributed by atoms with E-state index in [9.17, 15) is 9.59 Å². The summed E-state index contributed by atoms with van der Waals surface area (Å²) in [4.78, 5) is 24.8. The van der Waals surface area contributed by atoms with Crippen LogP contribution >= 0.6 is 0 Å². The maximum Gasteiger partial charge on any atom is 0.342 e. The standard InChI is InChI=1S/C18H19NO4/c1-11-10-15(12(2)22-11)18(21)23-16(13-6-4-3-5-7-13)17(20)19-14-8-9-14/h3-7,10,14,16H,8-9H2,1-2H3,(H,19,20)/t16-/m0/s1. The number of aryl methyl sites for hydroxylation is 2. The molecule has 0 spiro atoms. The van der Waals surface area contributed by atoms with E-state index in [2.05, 4.69) is 5.32 Å². The molecule has 120 valence electrons. The van der Waals surface area contributed by atoms with Gasteiger partial charge in [-0.3, -0.25) is 4.79 Å². The average Bonchev–Trinajstić information content (AvgIpc) is 3.27. The van der Waals surface area contributed by atoms with Crippen molar-refractivity contribution in [2.75, 3.05) is 0 Å². The monoisotopic (exact) mass is 313 g/mol. The molecule has 1 aliphatic rings. The lowest BCUT2D eigenvalue weighted by atomic mass is 10.1. The SMILES string of the molecule is Cc1cc(C(=O)O[C@H](C(=O)NC2CC2)c2ccccc2)c(C)o1. The average molecular weight is 313 g/mol. The van der Waals surface area contributed by atoms with Crippen LogP contribution in [0.25, 0.3) is 0 Å². The number of rotatable bonds is 5. The largest absolute Gasteiger partial charge is 0.466 e. The van der Waals surface area contributed by atoms with Gasteiger partial charge < -0.3 is 14.5 Å². The van der Waals surface area contributed by atoms with Gasteiger partial charge >= 0.3 is 5.97 Å². The van der Waals surface area contributed by atoms with E-state index in [1.807, 2.05) is 18.2 Å². The van der Waals surface area contributed by atoms with Crippen LogP contribution in [0.5, 0.6) is 0 Å². The number of benzene rings is 1. The van der Waals surface area contributed by atoms with Gasteiger partial charge in [-0.25, -0.2) is 4.79 Å². The highest BCUT2D eigenvalue weighted by molar-refractivity contribution is 5.93. The van der Waals surface area contributed by atoms with Gasteiger partial charge in [-0.05, 0) is 32.8 Å². The second kappa shape index (κ2) is 6.28. The molecule has 2 aromatic rings. The lowest BCUT2D eigenvalue weighted by Crippen LogP contribution is -2.33. The molecule has 0 bridgehead atoms. The van der Waals surface area contributed by atoms with Gasteiger partial charge in [0.25, 0.3) is 5.91 Å². The number of hydrogen-bond acceptors (Lipinski definition) is 4. The van der Waals surface area contributed by atoms with E-state index in [1.165, 1.54) is 0 Å². The van der Waals surface area contributed by atoms with Gasteiger partial charge in [0.1, 0.15) is 17.1 Å². The predicted octanol–water partition coefficient (Wildman–Crippen LogP) is 3.07. The Bertz CT molecular complexity index is 716. The van der Waals surface area contributed by atoms with Crippen LogP contribution in [0.4, 0.5) is 0 Å². The predicted molar refractivity (Wildman–Crippen MR) is 83.9 cm³/mol. The van der Waals surface area contributed by atoms with Crippen LogP contribution in [0.2, 0.25) is 0 Å². The van der Waals surface area contributed by atoms with Crippen molar-refractivity contribution < 1.29 is 18.7 Å². The van der Waals surface area contributed by atoms with Crippen LogP contribution < -0.4 is 5.32 Å². The van der Waals surface area contributed by atoms with Crippen molar-refractivity contribution in [3.63, 3.8) is 0 Å². The Morgan fingerprint density at radius 2 is 1.91 bits per heavy atom. The molecule has 1 fully saturated rings. The Hall–Kier alpha value is -2.56. The van der Waals surface area contributed by atoms with Crippen molar-refractivity contribution in [2.45, 2.75) is 38.8 Å². The fourth-order valence-corrected chi connectivity index (χ4v) is 2.41. The van der Waals surface area contributed by atoms with Gasteiger partial charge in [0, 0.05) is 11.6 Å². The van der Waals surface area contributed by atoms with Gasteiger partial charge in [0.15, 0.2) is 0 Å². The number of carbonyl (C=O) groups excluding carboxylic acids is 2. The molecule has 1 heterocycles. The molecule has 5 heteroatoms. The van der Waals surface area contributed by atoms with Crippen LogP contribution in [0, 0.1) is 13.8 Å². The Balaban J connectivity index is 1.81. The minimum Gasteiger partial charge on any atom is -0.466 e. The third-order valence-corrected chi connectivity index (χ3v) is 3.75. The summed E-state index contributed by atoms with van der Waals surface area (Å²) in [6.07, 6.45) is 0.988. The molecule has 0 radical (unpaired) electrons. The zero-order chi connectivity index (χ0) is 16.4. The van der Waals surface area contributed by atoms with Gasteiger partial charge in [-0.2, -0.15) is 0 Å². The fraction of sp³-hybridized carbons (Fsp3) is 0.333. The Kier molecular flexibility index (Phi) is 4.19. The molecule has 1 aromatic heterocycles. The lowest BCUT2D eigenvalue weighted by molar-refractivity contribution is -0.130. The molecule has 3 rings (SSSR count). The first-order chi connectivity index (χ1) is 11.0. The smallest absolute Gasteiger partial charge is 0.342 e. The van der Waals surface area contributed by atoms with E-state index >= 15 is 0 Å². The van der Waals surface area contributed by atoms with E-state index in [1.54, 1.807) is 32.0 Å². The normalized spacial score (nSPS) is 15.0. The topological polar surface area (TPSA) is 68.5 Å². The van der Waals surface area contributed by atoms with Gasteiger partial charge in [0.2, 0.25) is 6.10 Å². The third kappa shape index (κ3) is 3.62. The van der Waals surface area contributed by atoms with Crippen molar-refractivity contribution in [3.8, 4) is 0 Å². The highest BCUT2D eigenvalue weighted by atomic mass is 16.5. The van der Waals surface area contributed by atoms with Crippen LogP contribution in [0.3, 0.4) is 0 Å². The molecule has 1 aliphatic carbocycles. The van der Waals surface area contributed by atoms with Gasteiger partial charge in [-0.15, -0.1) is 0 Å². The van der Waals surface area contributed by atoms with Crippen molar-refractivity contribution >= 4 is 11.9 Å². The van der Waals surface area contributed by atoms with E-state index < -0.39 is 12.1 Å². The third-order valence-electron chi connectivity index (χ3n) is 3.75. The fourth-order valence-electron chi connectivity index (χ4n) is 2.41. The molecule has 1 saturated carbocycles. The second-order valence-electron chi connectivity index (χ2n) is 5.81. The first kappa shape index (κ1) is 15.3. The van der Waals surface area contributed by atoms with Crippen molar-refractivity contribution in [1.29, 1.82) is 0 Å². The number of amides is 1.